The van der Waals surface area contributed by atoms with E-state index >= 15 is 0 Å². The molecule has 0 aliphatic carbocycles. The Labute approximate surface area is 166 Å². The predicted molar refractivity (Wildman–Crippen MR) is 112 cm³/mol. The van der Waals surface area contributed by atoms with Crippen LogP contribution in [0.3, 0.4) is 0 Å². The zero-order chi connectivity index (χ0) is 20.4. The number of para-hydroxylation sites is 1. The molecular weight excluding hydrogens is 376 g/mol. The number of hydrogen-bond donors (Lipinski definition) is 0. The standard InChI is InChI=1S/C20H22N4O3S/c1-5-13-11-21-18-16(19(26)24(4)20(27)23(18)3)17(13)28-12-15(25)22(2)14-9-7-6-8-10-14/h6-11H,5,12H2,1-4H3. The number of pyridine rings is 1. The highest BCUT2D eigenvalue weighted by molar-refractivity contribution is 8.00. The molecule has 1 aromatic carbocycles. The fraction of sp³-hybridized carbons (Fsp3) is 0.300. The second-order valence-corrected chi connectivity index (χ2v) is 7.43. The van der Waals surface area contributed by atoms with Crippen LogP contribution < -0.4 is 16.1 Å². The van der Waals surface area contributed by atoms with Crippen LogP contribution in [0.4, 0.5) is 5.69 Å². The molecule has 0 radical (unpaired) electrons. The number of aromatic nitrogens is 3. The van der Waals surface area contributed by atoms with Crippen molar-refractivity contribution in [2.24, 2.45) is 14.1 Å². The van der Waals surface area contributed by atoms with Crippen LogP contribution in [-0.2, 0) is 25.3 Å². The Balaban J connectivity index is 2.02. The van der Waals surface area contributed by atoms with Gasteiger partial charge in [-0.1, -0.05) is 25.1 Å². The highest BCUT2D eigenvalue weighted by Gasteiger charge is 2.19. The fourth-order valence-corrected chi connectivity index (χ4v) is 4.15. The molecule has 2 heterocycles. The molecule has 8 heteroatoms. The number of hydrogen-bond acceptors (Lipinski definition) is 5. The Morgan fingerprint density at radius 1 is 1.14 bits per heavy atom. The summed E-state index contributed by atoms with van der Waals surface area (Å²) in [6, 6.07) is 9.39. The summed E-state index contributed by atoms with van der Waals surface area (Å²) in [4.78, 5) is 44.3. The topological polar surface area (TPSA) is 77.2 Å². The molecule has 3 rings (SSSR count). The summed E-state index contributed by atoms with van der Waals surface area (Å²) < 4.78 is 2.43. The highest BCUT2D eigenvalue weighted by atomic mass is 32.2. The van der Waals surface area contributed by atoms with Gasteiger partial charge in [0.05, 0.1) is 11.1 Å². The van der Waals surface area contributed by atoms with Gasteiger partial charge in [-0.25, -0.2) is 9.78 Å². The molecule has 7 nitrogen and oxygen atoms in total. The van der Waals surface area contributed by atoms with Crippen molar-refractivity contribution in [3.63, 3.8) is 0 Å². The minimum Gasteiger partial charge on any atom is -0.315 e. The number of carbonyl (C=O) groups is 1. The van der Waals surface area contributed by atoms with Gasteiger partial charge in [-0.05, 0) is 24.1 Å². The van der Waals surface area contributed by atoms with Gasteiger partial charge in [0.1, 0.15) is 5.65 Å². The van der Waals surface area contributed by atoms with Gasteiger partial charge in [-0.3, -0.25) is 18.7 Å². The molecule has 0 fully saturated rings. The summed E-state index contributed by atoms with van der Waals surface area (Å²) in [5.41, 5.74) is 1.19. The maximum absolute atomic E-state index is 12.8. The highest BCUT2D eigenvalue weighted by Crippen LogP contribution is 2.29. The first-order valence-corrected chi connectivity index (χ1v) is 9.87. The van der Waals surface area contributed by atoms with Crippen LogP contribution in [0.15, 0.2) is 51.0 Å². The summed E-state index contributed by atoms with van der Waals surface area (Å²) in [5, 5.41) is 0.379. The van der Waals surface area contributed by atoms with E-state index in [2.05, 4.69) is 4.98 Å². The van der Waals surface area contributed by atoms with E-state index in [-0.39, 0.29) is 11.7 Å². The van der Waals surface area contributed by atoms with E-state index in [1.165, 1.54) is 23.4 Å². The number of rotatable bonds is 5. The van der Waals surface area contributed by atoms with Gasteiger partial charge in [0, 0.05) is 37.9 Å². The second kappa shape index (κ2) is 8.02. The van der Waals surface area contributed by atoms with Gasteiger partial charge in [-0.2, -0.15) is 0 Å². The van der Waals surface area contributed by atoms with E-state index in [4.69, 9.17) is 0 Å². The summed E-state index contributed by atoms with van der Waals surface area (Å²) in [7, 11) is 4.77. The summed E-state index contributed by atoms with van der Waals surface area (Å²) >= 11 is 1.31. The average Bonchev–Trinajstić information content (AvgIpc) is 2.73. The molecular formula is C20H22N4O3S. The first-order valence-electron chi connectivity index (χ1n) is 8.88. The van der Waals surface area contributed by atoms with Gasteiger partial charge < -0.3 is 4.90 Å². The Kier molecular flexibility index (Phi) is 5.69. The van der Waals surface area contributed by atoms with E-state index in [0.717, 1.165) is 15.8 Å². The number of nitrogens with zero attached hydrogens (tertiary/aromatic N) is 4. The van der Waals surface area contributed by atoms with Crippen LogP contribution in [0.25, 0.3) is 11.0 Å². The van der Waals surface area contributed by atoms with Crippen molar-refractivity contribution in [3.05, 3.63) is 62.9 Å². The zero-order valence-corrected chi connectivity index (χ0v) is 17.1. The number of thioether (sulfide) groups is 1. The smallest absolute Gasteiger partial charge is 0.315 e. The normalized spacial score (nSPS) is 11.0. The Morgan fingerprint density at radius 2 is 1.82 bits per heavy atom. The lowest BCUT2D eigenvalue weighted by atomic mass is 10.2. The lowest BCUT2D eigenvalue weighted by Crippen LogP contribution is -2.37. The number of benzene rings is 1. The quantitative estimate of drug-likeness (QED) is 0.614. The molecule has 1 amide bonds. The molecule has 0 saturated carbocycles. The third-order valence-electron chi connectivity index (χ3n) is 4.73. The molecule has 0 unspecified atom stereocenters. The first kappa shape index (κ1) is 19.9. The zero-order valence-electron chi connectivity index (χ0n) is 16.3. The van der Waals surface area contributed by atoms with Gasteiger partial charge in [-0.15, -0.1) is 11.8 Å². The van der Waals surface area contributed by atoms with Crippen molar-refractivity contribution in [1.29, 1.82) is 0 Å². The molecule has 0 spiro atoms. The van der Waals surface area contributed by atoms with Crippen LogP contribution >= 0.6 is 11.8 Å². The van der Waals surface area contributed by atoms with E-state index in [9.17, 15) is 14.4 Å². The Bertz CT molecular complexity index is 1150. The number of carbonyl (C=O) groups excluding carboxylic acids is 1. The minimum atomic E-state index is -0.426. The average molecular weight is 398 g/mol. The van der Waals surface area contributed by atoms with Gasteiger partial charge in [0.2, 0.25) is 5.91 Å². The van der Waals surface area contributed by atoms with Crippen molar-refractivity contribution in [2.75, 3.05) is 17.7 Å². The molecule has 2 aromatic heterocycles. The Hall–Kier alpha value is -2.87. The lowest BCUT2D eigenvalue weighted by molar-refractivity contribution is -0.115. The SMILES string of the molecule is CCc1cnc2c(c1SCC(=O)N(C)c1ccccc1)c(=O)n(C)c(=O)n2C. The van der Waals surface area contributed by atoms with E-state index < -0.39 is 11.2 Å². The molecule has 0 saturated heterocycles. The molecule has 0 aliphatic rings. The summed E-state index contributed by atoms with van der Waals surface area (Å²) in [6.07, 6.45) is 2.34. The monoisotopic (exact) mass is 398 g/mol. The van der Waals surface area contributed by atoms with E-state index in [1.54, 1.807) is 25.2 Å². The van der Waals surface area contributed by atoms with Crippen molar-refractivity contribution < 1.29 is 4.79 Å². The van der Waals surface area contributed by atoms with Crippen LogP contribution in [0, 0.1) is 0 Å². The van der Waals surface area contributed by atoms with Crippen molar-refractivity contribution in [1.82, 2.24) is 14.1 Å². The molecule has 0 atom stereocenters. The van der Waals surface area contributed by atoms with Gasteiger partial charge in [0.25, 0.3) is 5.56 Å². The first-order chi connectivity index (χ1) is 13.4. The lowest BCUT2D eigenvalue weighted by Gasteiger charge is -2.18. The molecule has 3 aromatic rings. The third kappa shape index (κ3) is 3.47. The third-order valence-corrected chi connectivity index (χ3v) is 5.88. The number of amides is 1. The summed E-state index contributed by atoms with van der Waals surface area (Å²) in [5.74, 6) is 0.0913. The van der Waals surface area contributed by atoms with Crippen molar-refractivity contribution >= 4 is 34.4 Å². The molecule has 0 N–H and O–H groups in total. The predicted octanol–water partition coefficient (Wildman–Crippen LogP) is 1.95. The fourth-order valence-electron chi connectivity index (χ4n) is 2.98. The number of anilines is 1. The molecule has 0 aliphatic heterocycles. The maximum atomic E-state index is 12.8. The van der Waals surface area contributed by atoms with Crippen LogP contribution in [0.1, 0.15) is 12.5 Å². The largest absolute Gasteiger partial charge is 0.332 e. The summed E-state index contributed by atoms with van der Waals surface area (Å²) in [6.45, 7) is 1.97. The number of fused-ring (bicyclic) bond motifs is 1. The molecule has 0 bridgehead atoms. The van der Waals surface area contributed by atoms with E-state index in [0.29, 0.717) is 22.3 Å². The van der Waals surface area contributed by atoms with Crippen molar-refractivity contribution in [2.45, 2.75) is 18.2 Å². The van der Waals surface area contributed by atoms with Crippen LogP contribution in [-0.4, -0.2) is 32.8 Å². The van der Waals surface area contributed by atoms with Crippen LogP contribution in [0.2, 0.25) is 0 Å². The molecule has 28 heavy (non-hydrogen) atoms. The second-order valence-electron chi connectivity index (χ2n) is 6.45. The Morgan fingerprint density at radius 3 is 2.46 bits per heavy atom. The van der Waals surface area contributed by atoms with Gasteiger partial charge >= 0.3 is 5.69 Å². The van der Waals surface area contributed by atoms with E-state index in [1.807, 2.05) is 37.3 Å². The molecule has 146 valence electrons. The van der Waals surface area contributed by atoms with Crippen LogP contribution in [0.5, 0.6) is 0 Å². The maximum Gasteiger partial charge on any atom is 0.332 e. The number of aryl methyl sites for hydroxylation is 2. The van der Waals surface area contributed by atoms with Crippen molar-refractivity contribution in [3.8, 4) is 0 Å². The van der Waals surface area contributed by atoms with Gasteiger partial charge in [0.15, 0.2) is 0 Å². The minimum absolute atomic E-state index is 0.0788.